The molecule has 3 saturated carbocycles. The van der Waals surface area contributed by atoms with E-state index in [0.717, 1.165) is 47.0 Å². The first kappa shape index (κ1) is 23.6. The number of hydrogen-bond acceptors (Lipinski definition) is 6. The van der Waals surface area contributed by atoms with Crippen molar-refractivity contribution < 1.29 is 23.5 Å². The molecule has 0 unspecified atom stereocenters. The summed E-state index contributed by atoms with van der Waals surface area (Å²) in [6.07, 6.45) is 8.21. The second-order valence-corrected chi connectivity index (χ2v) is 10.5. The molecule has 10 heteroatoms. The lowest BCUT2D eigenvalue weighted by molar-refractivity contribution is -0.121. The first-order valence-corrected chi connectivity index (χ1v) is 12.8. The van der Waals surface area contributed by atoms with Gasteiger partial charge in [0.05, 0.1) is 6.20 Å². The molecule has 0 spiro atoms. The standard InChI is InChI=1S/C27H28FN5O4/c28-20-13-31-33-22(26(36)30-15-27-6-3-16(4-7-27)5-8-27)11-21(32-24(20)33)25(35)29-12-17-1-2-23-18(9-17)10-19(34)14-37-23/h1-2,9,11,13,16H,3-8,10,12,14-15H2,(H,29,35)(H,30,36). The van der Waals surface area contributed by atoms with Gasteiger partial charge in [0, 0.05) is 31.1 Å². The van der Waals surface area contributed by atoms with Gasteiger partial charge in [-0.2, -0.15) is 5.10 Å². The molecule has 3 heterocycles. The number of carbonyl (C=O) groups is 3. The van der Waals surface area contributed by atoms with E-state index in [2.05, 4.69) is 20.7 Å². The third kappa shape index (κ3) is 4.56. The number of benzene rings is 1. The molecule has 37 heavy (non-hydrogen) atoms. The fraction of sp³-hybridized carbons (Fsp3) is 0.444. The largest absolute Gasteiger partial charge is 0.486 e. The molecule has 192 valence electrons. The van der Waals surface area contributed by atoms with Crippen molar-refractivity contribution in [3.05, 3.63) is 58.8 Å². The van der Waals surface area contributed by atoms with Crippen LogP contribution in [0, 0.1) is 17.2 Å². The van der Waals surface area contributed by atoms with Crippen LogP contribution in [0.15, 0.2) is 30.5 Å². The molecule has 2 amide bonds. The van der Waals surface area contributed by atoms with Gasteiger partial charge in [-0.25, -0.2) is 13.9 Å². The highest BCUT2D eigenvalue weighted by Crippen LogP contribution is 2.49. The van der Waals surface area contributed by atoms with Gasteiger partial charge in [0.15, 0.2) is 17.2 Å². The number of ether oxygens (including phenoxy) is 1. The van der Waals surface area contributed by atoms with Crippen LogP contribution >= 0.6 is 0 Å². The van der Waals surface area contributed by atoms with E-state index >= 15 is 0 Å². The molecule has 3 fully saturated rings. The topological polar surface area (TPSA) is 115 Å². The Balaban J connectivity index is 1.19. The third-order valence-electron chi connectivity index (χ3n) is 8.12. The Bertz CT molecular complexity index is 1400. The van der Waals surface area contributed by atoms with Gasteiger partial charge >= 0.3 is 0 Å². The van der Waals surface area contributed by atoms with Gasteiger partial charge in [0.1, 0.15) is 23.7 Å². The lowest BCUT2D eigenvalue weighted by Gasteiger charge is -2.46. The summed E-state index contributed by atoms with van der Waals surface area (Å²) in [5.74, 6) is -0.197. The van der Waals surface area contributed by atoms with Crippen LogP contribution in [0.2, 0.25) is 0 Å². The van der Waals surface area contributed by atoms with E-state index < -0.39 is 17.6 Å². The van der Waals surface area contributed by atoms with Crippen molar-refractivity contribution in [1.82, 2.24) is 25.2 Å². The monoisotopic (exact) mass is 505 g/mol. The van der Waals surface area contributed by atoms with Crippen LogP contribution in [0.25, 0.3) is 5.65 Å². The number of fused-ring (bicyclic) bond motifs is 5. The molecule has 7 rings (SSSR count). The molecule has 2 N–H and O–H groups in total. The zero-order chi connectivity index (χ0) is 25.6. The highest BCUT2D eigenvalue weighted by molar-refractivity contribution is 5.98. The molecule has 1 aromatic carbocycles. The molecule has 9 nitrogen and oxygen atoms in total. The number of nitrogens with one attached hydrogen (secondary N) is 2. The normalized spacial score (nSPS) is 22.4. The van der Waals surface area contributed by atoms with Crippen LogP contribution in [-0.2, 0) is 17.8 Å². The number of halogens is 1. The number of aromatic nitrogens is 3. The molecule has 0 radical (unpaired) electrons. The lowest BCUT2D eigenvalue weighted by Crippen LogP contribution is -2.43. The number of amides is 2. The Kier molecular flexibility index (Phi) is 5.89. The predicted molar refractivity (Wildman–Crippen MR) is 131 cm³/mol. The highest BCUT2D eigenvalue weighted by atomic mass is 19.1. The molecular formula is C27H28FN5O4. The minimum absolute atomic E-state index is 0.00408. The molecule has 1 aliphatic heterocycles. The minimum Gasteiger partial charge on any atom is -0.486 e. The van der Waals surface area contributed by atoms with Crippen molar-refractivity contribution in [3.8, 4) is 5.75 Å². The van der Waals surface area contributed by atoms with E-state index in [1.165, 1.54) is 25.3 Å². The molecule has 2 aromatic heterocycles. The quantitative estimate of drug-likeness (QED) is 0.532. The van der Waals surface area contributed by atoms with Crippen LogP contribution in [-0.4, -0.2) is 45.3 Å². The van der Waals surface area contributed by atoms with Crippen molar-refractivity contribution in [2.24, 2.45) is 11.3 Å². The van der Waals surface area contributed by atoms with Crippen molar-refractivity contribution in [1.29, 1.82) is 0 Å². The van der Waals surface area contributed by atoms with Crippen molar-refractivity contribution in [2.45, 2.75) is 51.5 Å². The zero-order valence-electron chi connectivity index (χ0n) is 20.4. The van der Waals surface area contributed by atoms with Gasteiger partial charge in [0.25, 0.3) is 11.8 Å². The van der Waals surface area contributed by atoms with E-state index in [9.17, 15) is 18.8 Å². The van der Waals surface area contributed by atoms with Gasteiger partial charge in [-0.3, -0.25) is 14.4 Å². The summed E-state index contributed by atoms with van der Waals surface area (Å²) < 4.78 is 21.0. The summed E-state index contributed by atoms with van der Waals surface area (Å²) in [5.41, 5.74) is 1.47. The first-order valence-electron chi connectivity index (χ1n) is 12.8. The van der Waals surface area contributed by atoms with E-state index in [1.807, 2.05) is 6.07 Å². The van der Waals surface area contributed by atoms with Gasteiger partial charge in [-0.15, -0.1) is 0 Å². The Labute approximate surface area is 212 Å². The summed E-state index contributed by atoms with van der Waals surface area (Å²) in [7, 11) is 0. The minimum atomic E-state index is -0.716. The third-order valence-corrected chi connectivity index (χ3v) is 8.12. The number of hydrogen-bond donors (Lipinski definition) is 2. The van der Waals surface area contributed by atoms with Gasteiger partial charge in [-0.05, 0) is 67.6 Å². The summed E-state index contributed by atoms with van der Waals surface area (Å²) in [4.78, 5) is 42.0. The molecule has 0 saturated heterocycles. The maximum absolute atomic E-state index is 14.4. The number of carbonyl (C=O) groups excluding carboxylic acids is 3. The first-order chi connectivity index (χ1) is 17.9. The second kappa shape index (κ2) is 9.24. The highest BCUT2D eigenvalue weighted by Gasteiger charge is 2.40. The van der Waals surface area contributed by atoms with Crippen LogP contribution in [0.1, 0.15) is 70.6 Å². The second-order valence-electron chi connectivity index (χ2n) is 10.5. The van der Waals surface area contributed by atoms with Gasteiger partial charge < -0.3 is 15.4 Å². The molecule has 3 aromatic rings. The Morgan fingerprint density at radius 1 is 1.11 bits per heavy atom. The van der Waals surface area contributed by atoms with Crippen LogP contribution in [0.4, 0.5) is 4.39 Å². The Morgan fingerprint density at radius 2 is 1.89 bits per heavy atom. The number of ketones is 1. The Hall–Kier alpha value is -3.82. The van der Waals surface area contributed by atoms with Crippen molar-refractivity contribution in [3.63, 3.8) is 0 Å². The van der Waals surface area contributed by atoms with Gasteiger partial charge in [0.2, 0.25) is 0 Å². The zero-order valence-corrected chi connectivity index (χ0v) is 20.4. The predicted octanol–water partition coefficient (Wildman–Crippen LogP) is 3.00. The van der Waals surface area contributed by atoms with E-state index in [0.29, 0.717) is 12.3 Å². The molecule has 3 aliphatic carbocycles. The number of nitrogens with zero attached hydrogens (tertiary/aromatic N) is 3. The molecule has 4 aliphatic rings. The maximum Gasteiger partial charge on any atom is 0.270 e. The number of Topliss-reactive ketones (excluding diaryl/α,β-unsaturated/α-hetero) is 1. The summed E-state index contributed by atoms with van der Waals surface area (Å²) >= 11 is 0. The van der Waals surface area contributed by atoms with Crippen LogP contribution in [0.5, 0.6) is 5.75 Å². The number of rotatable bonds is 6. The van der Waals surface area contributed by atoms with E-state index in [4.69, 9.17) is 4.74 Å². The van der Waals surface area contributed by atoms with Gasteiger partial charge in [-0.1, -0.05) is 6.07 Å². The van der Waals surface area contributed by atoms with Crippen LogP contribution < -0.4 is 15.4 Å². The lowest BCUT2D eigenvalue weighted by atomic mass is 9.61. The average Bonchev–Trinajstić information content (AvgIpc) is 3.31. The molecular weight excluding hydrogens is 477 g/mol. The molecule has 0 atom stereocenters. The van der Waals surface area contributed by atoms with Crippen LogP contribution in [0.3, 0.4) is 0 Å². The smallest absolute Gasteiger partial charge is 0.270 e. The SMILES string of the molecule is O=C1COc2ccc(CNC(=O)c3cc(C(=O)NCC45CCC(CC4)CC5)n4ncc(F)c4n3)cc2C1. The fourth-order valence-electron chi connectivity index (χ4n) is 5.89. The van der Waals surface area contributed by atoms with E-state index in [-0.39, 0.29) is 47.8 Å². The van der Waals surface area contributed by atoms with Crippen molar-refractivity contribution in [2.75, 3.05) is 13.2 Å². The summed E-state index contributed by atoms with van der Waals surface area (Å²) in [6, 6.07) is 6.74. The summed E-state index contributed by atoms with van der Waals surface area (Å²) in [5, 5.41) is 9.76. The van der Waals surface area contributed by atoms with Crippen molar-refractivity contribution >= 4 is 23.2 Å². The van der Waals surface area contributed by atoms with E-state index in [1.54, 1.807) is 12.1 Å². The fourth-order valence-corrected chi connectivity index (χ4v) is 5.89. The molecule has 2 bridgehead atoms. The average molecular weight is 506 g/mol. The Morgan fingerprint density at radius 3 is 2.68 bits per heavy atom. The maximum atomic E-state index is 14.4. The summed E-state index contributed by atoms with van der Waals surface area (Å²) in [6.45, 7) is 0.790.